The number of carbonyl (C=O) groups is 2. The molecule has 5 nitrogen and oxygen atoms in total. The SMILES string of the molecule is CCN(CC)C(=O)CN1C(=O)CNc2cc(F)c(F)cc21. The van der Waals surface area contributed by atoms with Gasteiger partial charge in [0, 0.05) is 25.2 Å². The smallest absolute Gasteiger partial charge is 0.246 e. The minimum Gasteiger partial charge on any atom is -0.374 e. The van der Waals surface area contributed by atoms with Crippen molar-refractivity contribution in [3.05, 3.63) is 23.8 Å². The third-order valence-corrected chi connectivity index (χ3v) is 3.47. The molecule has 0 spiro atoms. The molecule has 0 aliphatic carbocycles. The monoisotopic (exact) mass is 297 g/mol. The van der Waals surface area contributed by atoms with E-state index >= 15 is 0 Å². The molecule has 114 valence electrons. The molecule has 1 aromatic carbocycles. The van der Waals surface area contributed by atoms with Crippen LogP contribution < -0.4 is 10.2 Å². The second kappa shape index (κ2) is 6.07. The van der Waals surface area contributed by atoms with Crippen molar-refractivity contribution in [1.29, 1.82) is 0 Å². The van der Waals surface area contributed by atoms with E-state index in [1.807, 2.05) is 13.8 Å². The number of rotatable bonds is 4. The van der Waals surface area contributed by atoms with Crippen LogP contribution in [0.2, 0.25) is 0 Å². The summed E-state index contributed by atoms with van der Waals surface area (Å²) in [6, 6.07) is 1.93. The molecule has 21 heavy (non-hydrogen) atoms. The number of nitrogens with zero attached hydrogens (tertiary/aromatic N) is 2. The average molecular weight is 297 g/mol. The maximum Gasteiger partial charge on any atom is 0.246 e. The van der Waals surface area contributed by atoms with E-state index in [2.05, 4.69) is 5.32 Å². The molecule has 2 amide bonds. The van der Waals surface area contributed by atoms with E-state index in [0.717, 1.165) is 12.1 Å². The number of benzene rings is 1. The van der Waals surface area contributed by atoms with Gasteiger partial charge in [0.15, 0.2) is 11.6 Å². The third kappa shape index (κ3) is 2.96. The summed E-state index contributed by atoms with van der Waals surface area (Å²) >= 11 is 0. The van der Waals surface area contributed by atoms with Gasteiger partial charge < -0.3 is 10.2 Å². The molecule has 1 aliphatic heterocycles. The summed E-state index contributed by atoms with van der Waals surface area (Å²) in [4.78, 5) is 26.9. The van der Waals surface area contributed by atoms with Gasteiger partial charge in [0.2, 0.25) is 11.8 Å². The highest BCUT2D eigenvalue weighted by Crippen LogP contribution is 2.31. The molecule has 0 saturated heterocycles. The van der Waals surface area contributed by atoms with E-state index in [9.17, 15) is 18.4 Å². The van der Waals surface area contributed by atoms with Crippen LogP contribution in [0.5, 0.6) is 0 Å². The van der Waals surface area contributed by atoms with Gasteiger partial charge in [-0.3, -0.25) is 14.5 Å². The van der Waals surface area contributed by atoms with Gasteiger partial charge in [-0.2, -0.15) is 0 Å². The summed E-state index contributed by atoms with van der Waals surface area (Å²) < 4.78 is 26.6. The Labute approximate surface area is 121 Å². The average Bonchev–Trinajstić information content (AvgIpc) is 2.45. The fourth-order valence-electron chi connectivity index (χ4n) is 2.29. The largest absolute Gasteiger partial charge is 0.374 e. The number of amides is 2. The van der Waals surface area contributed by atoms with Crippen LogP contribution in [0.25, 0.3) is 0 Å². The van der Waals surface area contributed by atoms with Crippen LogP contribution in [-0.4, -0.2) is 42.9 Å². The van der Waals surface area contributed by atoms with Crippen LogP contribution in [0.15, 0.2) is 12.1 Å². The highest BCUT2D eigenvalue weighted by Gasteiger charge is 2.28. The molecule has 1 aliphatic rings. The third-order valence-electron chi connectivity index (χ3n) is 3.47. The lowest BCUT2D eigenvalue weighted by atomic mass is 10.1. The van der Waals surface area contributed by atoms with Crippen LogP contribution in [0, 0.1) is 11.6 Å². The number of likely N-dealkylation sites (N-methyl/N-ethyl adjacent to an activating group) is 1. The quantitative estimate of drug-likeness (QED) is 0.918. The van der Waals surface area contributed by atoms with Crippen molar-refractivity contribution in [2.24, 2.45) is 0 Å². The van der Waals surface area contributed by atoms with Crippen molar-refractivity contribution in [3.63, 3.8) is 0 Å². The fraction of sp³-hybridized carbons (Fsp3) is 0.429. The summed E-state index contributed by atoms with van der Waals surface area (Å²) in [5.74, 6) is -2.63. The highest BCUT2D eigenvalue weighted by atomic mass is 19.2. The predicted octanol–water partition coefficient (Wildman–Crippen LogP) is 1.59. The molecule has 0 aromatic heterocycles. The van der Waals surface area contributed by atoms with Crippen molar-refractivity contribution in [1.82, 2.24) is 4.90 Å². The lowest BCUT2D eigenvalue weighted by Crippen LogP contribution is -2.47. The molecular formula is C14H17F2N3O2. The summed E-state index contributed by atoms with van der Waals surface area (Å²) in [6.07, 6.45) is 0. The highest BCUT2D eigenvalue weighted by molar-refractivity contribution is 6.05. The Morgan fingerprint density at radius 2 is 1.90 bits per heavy atom. The van der Waals surface area contributed by atoms with E-state index < -0.39 is 11.6 Å². The Balaban J connectivity index is 2.30. The molecule has 0 saturated carbocycles. The van der Waals surface area contributed by atoms with Gasteiger partial charge in [-0.05, 0) is 13.8 Å². The molecule has 0 fully saturated rings. The van der Waals surface area contributed by atoms with Crippen molar-refractivity contribution < 1.29 is 18.4 Å². The maximum absolute atomic E-state index is 13.4. The van der Waals surface area contributed by atoms with Gasteiger partial charge in [0.1, 0.15) is 6.54 Å². The van der Waals surface area contributed by atoms with Crippen LogP contribution in [0.1, 0.15) is 13.8 Å². The number of hydrogen-bond donors (Lipinski definition) is 1. The van der Waals surface area contributed by atoms with Crippen molar-refractivity contribution >= 4 is 23.2 Å². The molecule has 1 heterocycles. The van der Waals surface area contributed by atoms with E-state index in [-0.39, 0.29) is 30.6 Å². The molecule has 7 heteroatoms. The molecule has 0 bridgehead atoms. The van der Waals surface area contributed by atoms with Crippen molar-refractivity contribution in [2.45, 2.75) is 13.8 Å². The van der Waals surface area contributed by atoms with Gasteiger partial charge in [0.05, 0.1) is 17.9 Å². The summed E-state index contributed by atoms with van der Waals surface area (Å²) in [7, 11) is 0. The second-order valence-electron chi connectivity index (χ2n) is 4.68. The zero-order valence-corrected chi connectivity index (χ0v) is 11.9. The first kappa shape index (κ1) is 15.2. The minimum atomic E-state index is -1.05. The second-order valence-corrected chi connectivity index (χ2v) is 4.68. The van der Waals surface area contributed by atoms with Gasteiger partial charge in [0.25, 0.3) is 0 Å². The number of anilines is 2. The van der Waals surface area contributed by atoms with E-state index in [1.165, 1.54) is 4.90 Å². The Hall–Kier alpha value is -2.18. The molecular weight excluding hydrogens is 280 g/mol. The van der Waals surface area contributed by atoms with E-state index in [1.54, 1.807) is 4.90 Å². The summed E-state index contributed by atoms with van der Waals surface area (Å²) in [5, 5.41) is 2.72. The topological polar surface area (TPSA) is 52.7 Å². The van der Waals surface area contributed by atoms with Gasteiger partial charge in [-0.25, -0.2) is 8.78 Å². The van der Waals surface area contributed by atoms with E-state index in [0.29, 0.717) is 18.8 Å². The summed E-state index contributed by atoms with van der Waals surface area (Å²) in [6.45, 7) is 4.50. The van der Waals surface area contributed by atoms with Crippen molar-refractivity contribution in [2.75, 3.05) is 36.4 Å². The standard InChI is InChI=1S/C14H17F2N3O2/c1-3-18(4-2)14(21)8-19-12-6-10(16)9(15)5-11(12)17-7-13(19)20/h5-6,17H,3-4,7-8H2,1-2H3. The normalized spacial score (nSPS) is 13.7. The first-order valence-electron chi connectivity index (χ1n) is 6.79. The van der Waals surface area contributed by atoms with Gasteiger partial charge >= 0.3 is 0 Å². The van der Waals surface area contributed by atoms with Crippen LogP contribution in [0.4, 0.5) is 20.2 Å². The number of hydrogen-bond acceptors (Lipinski definition) is 3. The number of carbonyl (C=O) groups excluding carboxylic acids is 2. The fourth-order valence-corrected chi connectivity index (χ4v) is 2.29. The first-order chi connectivity index (χ1) is 9.97. The maximum atomic E-state index is 13.4. The molecule has 2 rings (SSSR count). The summed E-state index contributed by atoms with van der Waals surface area (Å²) in [5.41, 5.74) is 0.492. The lowest BCUT2D eigenvalue weighted by Gasteiger charge is -2.31. The van der Waals surface area contributed by atoms with Gasteiger partial charge in [-0.1, -0.05) is 0 Å². The first-order valence-corrected chi connectivity index (χ1v) is 6.79. The Bertz CT molecular complexity index is 574. The number of fused-ring (bicyclic) bond motifs is 1. The number of halogens is 2. The molecule has 1 aromatic rings. The van der Waals surface area contributed by atoms with Crippen molar-refractivity contribution in [3.8, 4) is 0 Å². The van der Waals surface area contributed by atoms with E-state index in [4.69, 9.17) is 0 Å². The zero-order valence-electron chi connectivity index (χ0n) is 11.9. The van der Waals surface area contributed by atoms with Crippen LogP contribution in [-0.2, 0) is 9.59 Å². The molecule has 0 atom stereocenters. The molecule has 1 N–H and O–H groups in total. The minimum absolute atomic E-state index is 0.0520. The molecule has 0 radical (unpaired) electrons. The zero-order chi connectivity index (χ0) is 15.6. The van der Waals surface area contributed by atoms with Crippen LogP contribution in [0.3, 0.4) is 0 Å². The molecule has 0 unspecified atom stereocenters. The lowest BCUT2D eigenvalue weighted by molar-refractivity contribution is -0.130. The number of nitrogens with one attached hydrogen (secondary N) is 1. The Kier molecular flexibility index (Phi) is 4.40. The predicted molar refractivity (Wildman–Crippen MR) is 75.1 cm³/mol. The van der Waals surface area contributed by atoms with Gasteiger partial charge in [-0.15, -0.1) is 0 Å². The van der Waals surface area contributed by atoms with Crippen LogP contribution >= 0.6 is 0 Å². The Morgan fingerprint density at radius 3 is 2.52 bits per heavy atom. The Morgan fingerprint density at radius 1 is 1.29 bits per heavy atom.